The van der Waals surface area contributed by atoms with Crippen molar-refractivity contribution in [1.82, 2.24) is 10.2 Å². The molecule has 1 aromatic rings. The second-order valence-electron chi connectivity index (χ2n) is 5.10. The Bertz CT molecular complexity index is 453. The summed E-state index contributed by atoms with van der Waals surface area (Å²) in [7, 11) is 0. The van der Waals surface area contributed by atoms with E-state index >= 15 is 0 Å². The molecule has 0 bridgehead atoms. The van der Waals surface area contributed by atoms with E-state index in [0.29, 0.717) is 0 Å². The molecule has 4 heteroatoms. The molecule has 0 saturated carbocycles. The molecule has 1 amide bonds. The lowest BCUT2D eigenvalue weighted by Crippen LogP contribution is -2.50. The number of ether oxygens (including phenoxy) is 1. The van der Waals surface area contributed by atoms with Crippen LogP contribution in [0, 0.1) is 13.8 Å². The van der Waals surface area contributed by atoms with E-state index in [9.17, 15) is 4.79 Å². The molecule has 1 aliphatic rings. The van der Waals surface area contributed by atoms with E-state index in [4.69, 9.17) is 4.74 Å². The Balaban J connectivity index is 1.99. The summed E-state index contributed by atoms with van der Waals surface area (Å²) in [5, 5.41) is 3.24. The van der Waals surface area contributed by atoms with Crippen LogP contribution in [0.4, 0.5) is 0 Å². The number of carbonyl (C=O) groups excluding carboxylic acids is 1. The van der Waals surface area contributed by atoms with Gasteiger partial charge in [-0.25, -0.2) is 0 Å². The predicted octanol–water partition coefficient (Wildman–Crippen LogP) is 1.50. The monoisotopic (exact) mass is 262 g/mol. The quantitative estimate of drug-likeness (QED) is 0.897. The van der Waals surface area contributed by atoms with Crippen LogP contribution >= 0.6 is 0 Å². The molecule has 1 saturated heterocycles. The number of rotatable bonds is 3. The average Bonchev–Trinajstić information content (AvgIpc) is 2.42. The molecule has 0 unspecified atom stereocenters. The van der Waals surface area contributed by atoms with Crippen molar-refractivity contribution in [3.8, 4) is 5.75 Å². The number of hydrogen-bond donors (Lipinski definition) is 1. The number of hydrogen-bond acceptors (Lipinski definition) is 3. The van der Waals surface area contributed by atoms with Crippen molar-refractivity contribution in [3.05, 3.63) is 29.3 Å². The van der Waals surface area contributed by atoms with Gasteiger partial charge in [-0.2, -0.15) is 0 Å². The highest BCUT2D eigenvalue weighted by atomic mass is 16.5. The fraction of sp³-hybridized carbons (Fsp3) is 0.533. The van der Waals surface area contributed by atoms with Gasteiger partial charge in [0.05, 0.1) is 0 Å². The Morgan fingerprint density at radius 3 is 2.63 bits per heavy atom. The molecule has 19 heavy (non-hydrogen) atoms. The zero-order valence-electron chi connectivity index (χ0n) is 11.9. The van der Waals surface area contributed by atoms with Crippen molar-refractivity contribution in [2.75, 3.05) is 26.2 Å². The highest BCUT2D eigenvalue weighted by Gasteiger charge is 2.23. The van der Waals surface area contributed by atoms with E-state index in [1.165, 1.54) is 5.56 Å². The summed E-state index contributed by atoms with van der Waals surface area (Å²) in [6.45, 7) is 9.13. The molecule has 1 aliphatic heterocycles. The number of aryl methyl sites for hydroxylation is 2. The molecular weight excluding hydrogens is 240 g/mol. The van der Waals surface area contributed by atoms with Crippen LogP contribution in [0.2, 0.25) is 0 Å². The summed E-state index contributed by atoms with van der Waals surface area (Å²) in [5.41, 5.74) is 2.27. The van der Waals surface area contributed by atoms with Crippen LogP contribution in [0.3, 0.4) is 0 Å². The van der Waals surface area contributed by atoms with Crippen LogP contribution in [-0.4, -0.2) is 43.1 Å². The third kappa shape index (κ3) is 3.47. The Morgan fingerprint density at radius 2 is 2.00 bits per heavy atom. The van der Waals surface area contributed by atoms with Crippen molar-refractivity contribution < 1.29 is 9.53 Å². The van der Waals surface area contributed by atoms with Crippen molar-refractivity contribution >= 4 is 5.91 Å². The van der Waals surface area contributed by atoms with Crippen LogP contribution < -0.4 is 10.1 Å². The predicted molar refractivity (Wildman–Crippen MR) is 75.5 cm³/mol. The van der Waals surface area contributed by atoms with Gasteiger partial charge < -0.3 is 15.0 Å². The zero-order valence-corrected chi connectivity index (χ0v) is 11.9. The first-order valence-electron chi connectivity index (χ1n) is 6.81. The summed E-state index contributed by atoms with van der Waals surface area (Å²) in [6.07, 6.45) is -0.431. The third-order valence-corrected chi connectivity index (χ3v) is 3.41. The molecule has 1 fully saturated rings. The molecule has 4 nitrogen and oxygen atoms in total. The Labute approximate surface area is 114 Å². The van der Waals surface area contributed by atoms with Gasteiger partial charge in [-0.3, -0.25) is 4.79 Å². The van der Waals surface area contributed by atoms with E-state index in [2.05, 4.69) is 11.4 Å². The summed E-state index contributed by atoms with van der Waals surface area (Å²) < 4.78 is 5.80. The minimum absolute atomic E-state index is 0.0708. The van der Waals surface area contributed by atoms with Gasteiger partial charge in [0.15, 0.2) is 6.10 Å². The minimum atomic E-state index is -0.431. The standard InChI is InChI=1S/C15H22N2O2/c1-11-4-5-14(12(2)10-11)19-13(3)15(18)17-8-6-16-7-9-17/h4-5,10,13,16H,6-9H2,1-3H3/t13-/m0/s1. The maximum absolute atomic E-state index is 12.3. The molecule has 0 spiro atoms. The van der Waals surface area contributed by atoms with Gasteiger partial charge in [-0.15, -0.1) is 0 Å². The molecule has 0 aromatic heterocycles. The molecule has 1 aromatic carbocycles. The van der Waals surface area contributed by atoms with Crippen molar-refractivity contribution in [3.63, 3.8) is 0 Å². The van der Waals surface area contributed by atoms with Gasteiger partial charge in [0, 0.05) is 26.2 Å². The van der Waals surface area contributed by atoms with E-state index < -0.39 is 6.10 Å². The Kier molecular flexibility index (Phi) is 4.43. The molecule has 1 atom stereocenters. The normalized spacial score (nSPS) is 17.1. The van der Waals surface area contributed by atoms with E-state index in [1.807, 2.05) is 37.8 Å². The van der Waals surface area contributed by atoms with Crippen molar-refractivity contribution in [1.29, 1.82) is 0 Å². The Hall–Kier alpha value is -1.55. The summed E-state index contributed by atoms with van der Waals surface area (Å²) >= 11 is 0. The SMILES string of the molecule is Cc1ccc(O[C@@H](C)C(=O)N2CCNCC2)c(C)c1. The summed E-state index contributed by atoms with van der Waals surface area (Å²) in [4.78, 5) is 14.1. The van der Waals surface area contributed by atoms with Gasteiger partial charge in [0.2, 0.25) is 0 Å². The summed E-state index contributed by atoms with van der Waals surface area (Å²) in [5.74, 6) is 0.864. The van der Waals surface area contributed by atoms with Gasteiger partial charge >= 0.3 is 0 Å². The number of amides is 1. The first-order chi connectivity index (χ1) is 9.08. The summed E-state index contributed by atoms with van der Waals surface area (Å²) in [6, 6.07) is 6.01. The second-order valence-corrected chi connectivity index (χ2v) is 5.10. The fourth-order valence-electron chi connectivity index (χ4n) is 2.31. The molecule has 0 aliphatic carbocycles. The van der Waals surface area contributed by atoms with Gasteiger partial charge in [-0.05, 0) is 32.4 Å². The van der Waals surface area contributed by atoms with Crippen LogP contribution in [-0.2, 0) is 4.79 Å². The van der Waals surface area contributed by atoms with E-state index in [1.54, 1.807) is 0 Å². The number of nitrogens with zero attached hydrogens (tertiary/aromatic N) is 1. The van der Waals surface area contributed by atoms with Crippen LogP contribution in [0.25, 0.3) is 0 Å². The van der Waals surface area contributed by atoms with E-state index in [0.717, 1.165) is 37.5 Å². The number of benzene rings is 1. The van der Waals surface area contributed by atoms with Gasteiger partial charge in [-0.1, -0.05) is 17.7 Å². The fourth-order valence-corrected chi connectivity index (χ4v) is 2.31. The highest BCUT2D eigenvalue weighted by Crippen LogP contribution is 2.20. The lowest BCUT2D eigenvalue weighted by Gasteiger charge is -2.30. The van der Waals surface area contributed by atoms with Crippen molar-refractivity contribution in [2.45, 2.75) is 26.9 Å². The first-order valence-corrected chi connectivity index (χ1v) is 6.81. The molecule has 1 N–H and O–H groups in total. The van der Waals surface area contributed by atoms with E-state index in [-0.39, 0.29) is 5.91 Å². The topological polar surface area (TPSA) is 41.6 Å². The zero-order chi connectivity index (χ0) is 13.8. The lowest BCUT2D eigenvalue weighted by atomic mass is 10.1. The van der Waals surface area contributed by atoms with Gasteiger partial charge in [0.1, 0.15) is 5.75 Å². The largest absolute Gasteiger partial charge is 0.481 e. The Morgan fingerprint density at radius 1 is 1.32 bits per heavy atom. The van der Waals surface area contributed by atoms with Gasteiger partial charge in [0.25, 0.3) is 5.91 Å². The molecular formula is C15H22N2O2. The molecule has 104 valence electrons. The molecule has 2 rings (SSSR count). The average molecular weight is 262 g/mol. The number of nitrogens with one attached hydrogen (secondary N) is 1. The minimum Gasteiger partial charge on any atom is -0.481 e. The highest BCUT2D eigenvalue weighted by molar-refractivity contribution is 5.81. The number of carbonyl (C=O) groups is 1. The molecule has 0 radical (unpaired) electrons. The second kappa shape index (κ2) is 6.06. The smallest absolute Gasteiger partial charge is 0.263 e. The third-order valence-electron chi connectivity index (χ3n) is 3.41. The molecule has 1 heterocycles. The maximum Gasteiger partial charge on any atom is 0.263 e. The number of piperazine rings is 1. The lowest BCUT2D eigenvalue weighted by molar-refractivity contribution is -0.138. The van der Waals surface area contributed by atoms with Crippen LogP contribution in [0.5, 0.6) is 5.75 Å². The van der Waals surface area contributed by atoms with Crippen molar-refractivity contribution in [2.24, 2.45) is 0 Å². The van der Waals surface area contributed by atoms with Crippen LogP contribution in [0.1, 0.15) is 18.1 Å². The van der Waals surface area contributed by atoms with Crippen LogP contribution in [0.15, 0.2) is 18.2 Å². The maximum atomic E-state index is 12.3. The first kappa shape index (κ1) is 13.9.